The second-order valence-corrected chi connectivity index (χ2v) is 5.45. The van der Waals surface area contributed by atoms with Crippen LogP contribution in [0.4, 0.5) is 14.5 Å². The van der Waals surface area contributed by atoms with Crippen molar-refractivity contribution in [2.45, 2.75) is 20.0 Å². The molecule has 132 valence electrons. The summed E-state index contributed by atoms with van der Waals surface area (Å²) >= 11 is 0. The van der Waals surface area contributed by atoms with Crippen molar-refractivity contribution in [1.29, 1.82) is 0 Å². The standard InChI is InChI=1S/C17H16F2N2O4/c1-9(22)11-6-15(21(3)8-11)17(24)25-10(2)16(23)20-12-4-5-13(18)14(19)7-12/h4-8,10H,1-3H3,(H,20,23)/t10-/m1/s1. The first kappa shape index (κ1) is 18.3. The minimum absolute atomic E-state index is 0.0320. The Morgan fingerprint density at radius 2 is 1.84 bits per heavy atom. The number of ketones is 1. The molecule has 0 bridgehead atoms. The van der Waals surface area contributed by atoms with Gasteiger partial charge in [-0.2, -0.15) is 0 Å². The average Bonchev–Trinajstić information content (AvgIpc) is 2.93. The Bertz CT molecular complexity index is 845. The average molecular weight is 350 g/mol. The molecule has 0 fully saturated rings. The van der Waals surface area contributed by atoms with Gasteiger partial charge in [-0.25, -0.2) is 13.6 Å². The molecule has 8 heteroatoms. The van der Waals surface area contributed by atoms with Crippen LogP contribution in [0.3, 0.4) is 0 Å². The number of anilines is 1. The number of amides is 1. The van der Waals surface area contributed by atoms with Gasteiger partial charge >= 0.3 is 5.97 Å². The number of aromatic nitrogens is 1. The summed E-state index contributed by atoms with van der Waals surface area (Å²) < 4.78 is 32.5. The van der Waals surface area contributed by atoms with Gasteiger partial charge in [0, 0.05) is 30.6 Å². The molecule has 1 atom stereocenters. The largest absolute Gasteiger partial charge is 0.448 e. The van der Waals surface area contributed by atoms with Crippen LogP contribution in [0.1, 0.15) is 34.7 Å². The van der Waals surface area contributed by atoms with E-state index >= 15 is 0 Å². The smallest absolute Gasteiger partial charge is 0.355 e. The number of halogens is 2. The van der Waals surface area contributed by atoms with Gasteiger partial charge in [0.25, 0.3) is 5.91 Å². The fourth-order valence-electron chi connectivity index (χ4n) is 2.05. The Balaban J connectivity index is 2.04. The van der Waals surface area contributed by atoms with E-state index in [-0.39, 0.29) is 17.2 Å². The molecule has 0 aliphatic rings. The van der Waals surface area contributed by atoms with Crippen LogP contribution < -0.4 is 5.32 Å². The van der Waals surface area contributed by atoms with E-state index in [9.17, 15) is 23.2 Å². The van der Waals surface area contributed by atoms with Crippen molar-refractivity contribution in [2.24, 2.45) is 7.05 Å². The lowest BCUT2D eigenvalue weighted by atomic mass is 10.2. The zero-order chi connectivity index (χ0) is 18.7. The Morgan fingerprint density at radius 3 is 2.40 bits per heavy atom. The van der Waals surface area contributed by atoms with Crippen molar-refractivity contribution >= 4 is 23.3 Å². The first-order chi connectivity index (χ1) is 11.7. The molecule has 1 heterocycles. The number of ether oxygens (including phenoxy) is 1. The molecule has 1 N–H and O–H groups in total. The molecular formula is C17H16F2N2O4. The number of esters is 1. The van der Waals surface area contributed by atoms with E-state index in [2.05, 4.69) is 5.32 Å². The van der Waals surface area contributed by atoms with Gasteiger partial charge in [0.1, 0.15) is 5.69 Å². The van der Waals surface area contributed by atoms with Crippen molar-refractivity contribution in [3.05, 3.63) is 53.4 Å². The monoisotopic (exact) mass is 350 g/mol. The number of hydrogen-bond donors (Lipinski definition) is 1. The zero-order valence-corrected chi connectivity index (χ0v) is 13.8. The van der Waals surface area contributed by atoms with Crippen molar-refractivity contribution in [2.75, 3.05) is 5.32 Å². The molecule has 1 aromatic heterocycles. The predicted octanol–water partition coefficient (Wildman–Crippen LogP) is 2.69. The molecule has 2 aromatic rings. The van der Waals surface area contributed by atoms with Crippen molar-refractivity contribution in [1.82, 2.24) is 4.57 Å². The van der Waals surface area contributed by atoms with Gasteiger partial charge in [-0.1, -0.05) is 0 Å². The normalized spacial score (nSPS) is 11.7. The van der Waals surface area contributed by atoms with Gasteiger partial charge in [0.05, 0.1) is 0 Å². The first-order valence-electron chi connectivity index (χ1n) is 7.33. The topological polar surface area (TPSA) is 77.4 Å². The molecule has 0 unspecified atom stereocenters. The molecule has 0 saturated heterocycles. The zero-order valence-electron chi connectivity index (χ0n) is 13.8. The third-order valence-electron chi connectivity index (χ3n) is 3.46. The van der Waals surface area contributed by atoms with Gasteiger partial charge in [-0.3, -0.25) is 9.59 Å². The molecule has 2 rings (SSSR count). The highest BCUT2D eigenvalue weighted by Gasteiger charge is 2.22. The number of hydrogen-bond acceptors (Lipinski definition) is 4. The maximum Gasteiger partial charge on any atom is 0.355 e. The Kier molecular flexibility index (Phi) is 5.31. The lowest BCUT2D eigenvalue weighted by molar-refractivity contribution is -0.123. The van der Waals surface area contributed by atoms with Crippen molar-refractivity contribution in [3.63, 3.8) is 0 Å². The molecule has 0 radical (unpaired) electrons. The summed E-state index contributed by atoms with van der Waals surface area (Å²) in [6.07, 6.45) is 0.293. The molecule has 1 aromatic carbocycles. The highest BCUT2D eigenvalue weighted by Crippen LogP contribution is 2.15. The Labute approximate surface area is 142 Å². The van der Waals surface area contributed by atoms with Gasteiger partial charge in [0.2, 0.25) is 0 Å². The van der Waals surface area contributed by atoms with Gasteiger partial charge in [-0.15, -0.1) is 0 Å². The lowest BCUT2D eigenvalue weighted by Crippen LogP contribution is -2.30. The van der Waals surface area contributed by atoms with Crippen LogP contribution in [0, 0.1) is 11.6 Å². The summed E-state index contributed by atoms with van der Waals surface area (Å²) in [5.41, 5.74) is 0.482. The third-order valence-corrected chi connectivity index (χ3v) is 3.46. The van der Waals surface area contributed by atoms with Gasteiger partial charge < -0.3 is 14.6 Å². The summed E-state index contributed by atoms with van der Waals surface area (Å²) in [6, 6.07) is 4.23. The number of nitrogens with one attached hydrogen (secondary N) is 1. The predicted molar refractivity (Wildman–Crippen MR) is 85.3 cm³/mol. The summed E-state index contributed by atoms with van der Waals surface area (Å²) in [4.78, 5) is 35.5. The van der Waals surface area contributed by atoms with E-state index in [1.54, 1.807) is 7.05 Å². The number of carbonyl (C=O) groups excluding carboxylic acids is 3. The molecular weight excluding hydrogens is 334 g/mol. The Hall–Kier alpha value is -3.03. The number of aryl methyl sites for hydroxylation is 1. The van der Waals surface area contributed by atoms with Gasteiger partial charge in [-0.05, 0) is 32.0 Å². The Morgan fingerprint density at radius 1 is 1.16 bits per heavy atom. The van der Waals surface area contributed by atoms with Crippen LogP contribution in [-0.2, 0) is 16.6 Å². The van der Waals surface area contributed by atoms with Crippen molar-refractivity contribution in [3.8, 4) is 0 Å². The van der Waals surface area contributed by atoms with E-state index in [0.29, 0.717) is 5.56 Å². The van der Waals surface area contributed by atoms with E-state index in [1.165, 1.54) is 36.7 Å². The number of Topliss-reactive ketones (excluding diaryl/α,β-unsaturated/α-hetero) is 1. The quantitative estimate of drug-likeness (QED) is 0.664. The number of nitrogens with zero attached hydrogens (tertiary/aromatic N) is 1. The molecule has 1 amide bonds. The molecule has 0 aliphatic carbocycles. The van der Waals surface area contributed by atoms with Gasteiger partial charge in [0.15, 0.2) is 23.5 Å². The van der Waals surface area contributed by atoms with Crippen LogP contribution in [0.5, 0.6) is 0 Å². The fraction of sp³-hybridized carbons (Fsp3) is 0.235. The highest BCUT2D eigenvalue weighted by molar-refractivity contribution is 5.99. The summed E-state index contributed by atoms with van der Waals surface area (Å²) in [5.74, 6) is -3.85. The number of benzene rings is 1. The van der Waals surface area contributed by atoms with Crippen LogP contribution in [0.25, 0.3) is 0 Å². The second kappa shape index (κ2) is 7.25. The first-order valence-corrected chi connectivity index (χ1v) is 7.33. The highest BCUT2D eigenvalue weighted by atomic mass is 19.2. The summed E-state index contributed by atoms with van der Waals surface area (Å²) in [6.45, 7) is 2.70. The minimum atomic E-state index is -1.18. The van der Waals surface area contributed by atoms with Crippen LogP contribution in [-0.4, -0.2) is 28.3 Å². The second-order valence-electron chi connectivity index (χ2n) is 5.45. The fourth-order valence-corrected chi connectivity index (χ4v) is 2.05. The van der Waals surface area contributed by atoms with Crippen LogP contribution in [0.15, 0.2) is 30.5 Å². The van der Waals surface area contributed by atoms with E-state index < -0.39 is 29.6 Å². The molecule has 25 heavy (non-hydrogen) atoms. The number of rotatable bonds is 5. The molecule has 0 spiro atoms. The van der Waals surface area contributed by atoms with Crippen LogP contribution in [0.2, 0.25) is 0 Å². The maximum absolute atomic E-state index is 13.1. The minimum Gasteiger partial charge on any atom is -0.448 e. The summed E-state index contributed by atoms with van der Waals surface area (Å²) in [7, 11) is 1.56. The van der Waals surface area contributed by atoms with E-state index in [4.69, 9.17) is 4.74 Å². The lowest BCUT2D eigenvalue weighted by Gasteiger charge is -2.14. The number of carbonyl (C=O) groups is 3. The maximum atomic E-state index is 13.1. The van der Waals surface area contributed by atoms with Crippen molar-refractivity contribution < 1.29 is 27.9 Å². The molecule has 6 nitrogen and oxygen atoms in total. The molecule has 0 aliphatic heterocycles. The third kappa shape index (κ3) is 4.28. The SMILES string of the molecule is CC(=O)c1cc(C(=O)O[C@H](C)C(=O)Nc2ccc(F)c(F)c2)n(C)c1. The summed E-state index contributed by atoms with van der Waals surface area (Å²) in [5, 5.41) is 2.32. The van der Waals surface area contributed by atoms with E-state index in [1.807, 2.05) is 0 Å². The molecule has 0 saturated carbocycles. The van der Waals surface area contributed by atoms with Crippen LogP contribution >= 0.6 is 0 Å². The van der Waals surface area contributed by atoms with E-state index in [0.717, 1.165) is 12.1 Å².